The van der Waals surface area contributed by atoms with Crippen LogP contribution < -0.4 is 4.90 Å². The van der Waals surface area contributed by atoms with Crippen molar-refractivity contribution < 1.29 is 4.39 Å². The lowest BCUT2D eigenvalue weighted by Gasteiger charge is -2.29. The molecular formula is C16H21FN4. The first-order valence-electron chi connectivity index (χ1n) is 7.58. The van der Waals surface area contributed by atoms with Gasteiger partial charge in [0.15, 0.2) is 5.82 Å². The summed E-state index contributed by atoms with van der Waals surface area (Å²) < 4.78 is 15.3. The Hall–Kier alpha value is -1.91. The summed E-state index contributed by atoms with van der Waals surface area (Å²) in [6.45, 7) is 5.98. The molecule has 3 rings (SSSR count). The van der Waals surface area contributed by atoms with Gasteiger partial charge in [0.05, 0.1) is 6.54 Å². The van der Waals surface area contributed by atoms with Crippen molar-refractivity contribution in [1.82, 2.24) is 14.8 Å². The molecule has 0 saturated carbocycles. The van der Waals surface area contributed by atoms with Gasteiger partial charge in [0, 0.05) is 24.7 Å². The lowest BCUT2D eigenvalue weighted by Crippen LogP contribution is -2.31. The standard InChI is InChI=1S/C16H21FN4/c1-12(2)21(14-8-6-13(17)7-9-14)11-16-19-18-15-5-3-4-10-20(15)16/h6-9,12H,3-5,10-11H2,1-2H3. The molecule has 0 atom stereocenters. The Balaban J connectivity index is 1.85. The van der Waals surface area contributed by atoms with E-state index in [1.807, 2.05) is 12.1 Å². The van der Waals surface area contributed by atoms with E-state index in [-0.39, 0.29) is 5.82 Å². The Morgan fingerprint density at radius 1 is 1.19 bits per heavy atom. The highest BCUT2D eigenvalue weighted by Crippen LogP contribution is 2.22. The Kier molecular flexibility index (Phi) is 3.90. The average Bonchev–Trinajstić information content (AvgIpc) is 2.89. The number of hydrogen-bond donors (Lipinski definition) is 0. The first-order chi connectivity index (χ1) is 10.1. The lowest BCUT2D eigenvalue weighted by atomic mass is 10.1. The molecule has 1 aliphatic heterocycles. The van der Waals surface area contributed by atoms with E-state index < -0.39 is 0 Å². The molecule has 0 fully saturated rings. The van der Waals surface area contributed by atoms with Crippen LogP contribution in [0.5, 0.6) is 0 Å². The molecule has 0 bridgehead atoms. The Morgan fingerprint density at radius 3 is 2.67 bits per heavy atom. The van der Waals surface area contributed by atoms with Gasteiger partial charge in [-0.1, -0.05) is 0 Å². The third kappa shape index (κ3) is 2.91. The Labute approximate surface area is 124 Å². The van der Waals surface area contributed by atoms with E-state index in [1.165, 1.54) is 25.0 Å². The minimum atomic E-state index is -0.206. The summed E-state index contributed by atoms with van der Waals surface area (Å²) in [5.74, 6) is 1.89. The summed E-state index contributed by atoms with van der Waals surface area (Å²) in [7, 11) is 0. The topological polar surface area (TPSA) is 34.0 Å². The summed E-state index contributed by atoms with van der Waals surface area (Å²) in [5, 5.41) is 8.66. The second kappa shape index (κ2) is 5.84. The summed E-state index contributed by atoms with van der Waals surface area (Å²) in [5.41, 5.74) is 1.01. The van der Waals surface area contributed by atoms with Crippen LogP contribution in [-0.2, 0) is 19.5 Å². The first kappa shape index (κ1) is 14.0. The maximum Gasteiger partial charge on any atom is 0.152 e. The maximum atomic E-state index is 13.1. The van der Waals surface area contributed by atoms with Crippen LogP contribution in [-0.4, -0.2) is 20.8 Å². The van der Waals surface area contributed by atoms with Crippen molar-refractivity contribution in [3.63, 3.8) is 0 Å². The smallest absolute Gasteiger partial charge is 0.152 e. The fourth-order valence-electron chi connectivity index (χ4n) is 2.84. The van der Waals surface area contributed by atoms with E-state index in [4.69, 9.17) is 0 Å². The van der Waals surface area contributed by atoms with Crippen molar-refractivity contribution >= 4 is 5.69 Å². The minimum Gasteiger partial charge on any atom is -0.362 e. The van der Waals surface area contributed by atoms with Gasteiger partial charge in [-0.25, -0.2) is 4.39 Å². The number of anilines is 1. The average molecular weight is 288 g/mol. The minimum absolute atomic E-state index is 0.206. The second-order valence-electron chi connectivity index (χ2n) is 5.84. The SMILES string of the molecule is CC(C)N(Cc1nnc2n1CCCC2)c1ccc(F)cc1. The van der Waals surface area contributed by atoms with Gasteiger partial charge in [-0.05, 0) is 51.0 Å². The van der Waals surface area contributed by atoms with E-state index in [1.54, 1.807) is 0 Å². The van der Waals surface area contributed by atoms with Crippen molar-refractivity contribution in [3.05, 3.63) is 41.7 Å². The van der Waals surface area contributed by atoms with Crippen LogP contribution in [0.1, 0.15) is 38.3 Å². The number of halogens is 1. The molecule has 0 spiro atoms. The van der Waals surface area contributed by atoms with E-state index in [9.17, 15) is 4.39 Å². The summed E-state index contributed by atoms with van der Waals surface area (Å²) in [6.07, 6.45) is 3.41. The van der Waals surface area contributed by atoms with Gasteiger partial charge in [-0.15, -0.1) is 10.2 Å². The van der Waals surface area contributed by atoms with Crippen molar-refractivity contribution in [1.29, 1.82) is 0 Å². The molecule has 21 heavy (non-hydrogen) atoms. The zero-order chi connectivity index (χ0) is 14.8. The summed E-state index contributed by atoms with van der Waals surface area (Å²) in [4.78, 5) is 2.23. The molecule has 1 aromatic carbocycles. The zero-order valence-electron chi connectivity index (χ0n) is 12.6. The molecule has 0 radical (unpaired) electrons. The first-order valence-corrected chi connectivity index (χ1v) is 7.58. The van der Waals surface area contributed by atoms with Crippen LogP contribution >= 0.6 is 0 Å². The highest BCUT2D eigenvalue weighted by atomic mass is 19.1. The molecule has 0 aliphatic carbocycles. The molecule has 1 aliphatic rings. The van der Waals surface area contributed by atoms with Crippen LogP contribution in [0.25, 0.3) is 0 Å². The number of aromatic nitrogens is 3. The van der Waals surface area contributed by atoms with Gasteiger partial charge < -0.3 is 9.47 Å². The van der Waals surface area contributed by atoms with Gasteiger partial charge in [-0.2, -0.15) is 0 Å². The fraction of sp³-hybridized carbons (Fsp3) is 0.500. The molecule has 2 aromatic rings. The van der Waals surface area contributed by atoms with Gasteiger partial charge in [-0.3, -0.25) is 0 Å². The summed E-state index contributed by atoms with van der Waals surface area (Å²) >= 11 is 0. The van der Waals surface area contributed by atoms with Crippen molar-refractivity contribution in [2.24, 2.45) is 0 Å². The normalized spacial score (nSPS) is 14.3. The predicted molar refractivity (Wildman–Crippen MR) is 80.7 cm³/mol. The molecule has 4 nitrogen and oxygen atoms in total. The molecule has 0 amide bonds. The maximum absolute atomic E-state index is 13.1. The quantitative estimate of drug-likeness (QED) is 0.866. The van der Waals surface area contributed by atoms with E-state index in [2.05, 4.69) is 33.5 Å². The molecule has 1 aromatic heterocycles. The molecule has 0 N–H and O–H groups in total. The van der Waals surface area contributed by atoms with Crippen molar-refractivity contribution in [3.8, 4) is 0 Å². The van der Waals surface area contributed by atoms with E-state index in [0.29, 0.717) is 12.6 Å². The molecule has 112 valence electrons. The van der Waals surface area contributed by atoms with Crippen LogP contribution in [0.4, 0.5) is 10.1 Å². The number of fused-ring (bicyclic) bond motifs is 1. The zero-order valence-corrected chi connectivity index (χ0v) is 12.6. The Morgan fingerprint density at radius 2 is 1.95 bits per heavy atom. The lowest BCUT2D eigenvalue weighted by molar-refractivity contribution is 0.501. The van der Waals surface area contributed by atoms with Gasteiger partial charge in [0.25, 0.3) is 0 Å². The van der Waals surface area contributed by atoms with Crippen molar-refractivity contribution in [2.45, 2.75) is 52.2 Å². The van der Waals surface area contributed by atoms with Gasteiger partial charge >= 0.3 is 0 Å². The molecule has 0 saturated heterocycles. The van der Waals surface area contributed by atoms with Crippen molar-refractivity contribution in [2.75, 3.05) is 4.90 Å². The highest BCUT2D eigenvalue weighted by Gasteiger charge is 2.19. The molecule has 0 unspecified atom stereocenters. The monoisotopic (exact) mass is 288 g/mol. The molecule has 2 heterocycles. The molecule has 5 heteroatoms. The van der Waals surface area contributed by atoms with Crippen LogP contribution in [0.3, 0.4) is 0 Å². The summed E-state index contributed by atoms with van der Waals surface area (Å²) in [6, 6.07) is 6.96. The predicted octanol–water partition coefficient (Wildman–Crippen LogP) is 3.17. The van der Waals surface area contributed by atoms with Gasteiger partial charge in [0.1, 0.15) is 11.6 Å². The number of hydrogen-bond acceptors (Lipinski definition) is 3. The third-order valence-electron chi connectivity index (χ3n) is 4.03. The third-order valence-corrected chi connectivity index (χ3v) is 4.03. The Bertz CT molecular complexity index is 603. The van der Waals surface area contributed by atoms with Crippen LogP contribution in [0, 0.1) is 5.82 Å². The van der Waals surface area contributed by atoms with Crippen LogP contribution in [0.2, 0.25) is 0 Å². The number of nitrogens with zero attached hydrogens (tertiary/aromatic N) is 4. The van der Waals surface area contributed by atoms with E-state index >= 15 is 0 Å². The second-order valence-corrected chi connectivity index (χ2v) is 5.84. The van der Waals surface area contributed by atoms with Crippen LogP contribution in [0.15, 0.2) is 24.3 Å². The van der Waals surface area contributed by atoms with Gasteiger partial charge in [0.2, 0.25) is 0 Å². The largest absolute Gasteiger partial charge is 0.362 e. The number of rotatable bonds is 4. The number of benzene rings is 1. The fourth-order valence-corrected chi connectivity index (χ4v) is 2.84. The highest BCUT2D eigenvalue weighted by molar-refractivity contribution is 5.47. The van der Waals surface area contributed by atoms with E-state index in [0.717, 1.165) is 30.3 Å². The number of aryl methyl sites for hydroxylation is 1. The molecular weight excluding hydrogens is 267 g/mol.